The van der Waals surface area contributed by atoms with Gasteiger partial charge in [0, 0.05) is 19.4 Å². The van der Waals surface area contributed by atoms with Crippen LogP contribution >= 0.6 is 23.8 Å². The lowest BCUT2D eigenvalue weighted by atomic mass is 9.92. The maximum absolute atomic E-state index is 5.95. The van der Waals surface area contributed by atoms with Crippen LogP contribution in [0.15, 0.2) is 12.3 Å². The van der Waals surface area contributed by atoms with Crippen molar-refractivity contribution in [3.8, 4) is 0 Å². The maximum atomic E-state index is 5.95. The molecule has 6 heteroatoms. The Hall–Kier alpha value is -0.910. The summed E-state index contributed by atoms with van der Waals surface area (Å²) in [6.07, 6.45) is 3.54. The Morgan fingerprint density at radius 3 is 2.94 bits per heavy atom. The molecule has 4 nitrogen and oxygen atoms in total. The molecule has 0 aromatic carbocycles. The van der Waals surface area contributed by atoms with Gasteiger partial charge in [-0.25, -0.2) is 4.98 Å². The zero-order chi connectivity index (χ0) is 12.8. The Bertz CT molecular complexity index is 642. The Kier molecular flexibility index (Phi) is 2.92. The number of hydrogen-bond donors (Lipinski definition) is 1. The van der Waals surface area contributed by atoms with Crippen molar-refractivity contribution in [3.63, 3.8) is 0 Å². The largest absolute Gasteiger partial charge is 0.381 e. The summed E-state index contributed by atoms with van der Waals surface area (Å²) < 4.78 is 8.24. The summed E-state index contributed by atoms with van der Waals surface area (Å²) in [5.41, 5.74) is 1.73. The van der Waals surface area contributed by atoms with Crippen LogP contribution in [0.5, 0.6) is 0 Å². The Morgan fingerprint density at radius 1 is 1.50 bits per heavy atom. The molecule has 3 heterocycles. The number of rotatable bonds is 1. The number of aromatic amines is 1. The summed E-state index contributed by atoms with van der Waals surface area (Å²) in [4.78, 5) is 7.59. The predicted molar refractivity (Wildman–Crippen MR) is 73.6 cm³/mol. The smallest absolute Gasteiger partial charge is 0.179 e. The second-order valence-corrected chi connectivity index (χ2v) is 5.72. The van der Waals surface area contributed by atoms with E-state index in [4.69, 9.17) is 28.6 Å². The summed E-state index contributed by atoms with van der Waals surface area (Å²) >= 11 is 11.4. The van der Waals surface area contributed by atoms with Crippen LogP contribution in [-0.4, -0.2) is 27.7 Å². The summed E-state index contributed by atoms with van der Waals surface area (Å²) in [5, 5.41) is 0.614. The van der Waals surface area contributed by atoms with Gasteiger partial charge < -0.3 is 9.72 Å². The number of nitrogens with one attached hydrogen (secondary N) is 1. The molecule has 0 bridgehead atoms. The SMILES string of the molecule is CC1(n2c(=S)[nH]c3cc(Cl)cnc32)CCOCC1. The minimum Gasteiger partial charge on any atom is -0.381 e. The molecule has 0 aliphatic carbocycles. The third kappa shape index (κ3) is 1.86. The van der Waals surface area contributed by atoms with Gasteiger partial charge in [-0.15, -0.1) is 0 Å². The molecule has 2 aromatic rings. The third-order valence-corrected chi connectivity index (χ3v) is 4.09. The summed E-state index contributed by atoms with van der Waals surface area (Å²) in [5.74, 6) is 0. The van der Waals surface area contributed by atoms with Gasteiger partial charge in [-0.05, 0) is 38.0 Å². The molecule has 18 heavy (non-hydrogen) atoms. The van der Waals surface area contributed by atoms with Crippen LogP contribution in [0.25, 0.3) is 11.2 Å². The molecule has 0 radical (unpaired) electrons. The molecule has 1 aliphatic rings. The van der Waals surface area contributed by atoms with E-state index in [0.717, 1.165) is 37.2 Å². The molecule has 0 atom stereocenters. The first-order valence-electron chi connectivity index (χ1n) is 5.95. The molecule has 1 N–H and O–H groups in total. The van der Waals surface area contributed by atoms with E-state index in [1.165, 1.54) is 0 Å². The van der Waals surface area contributed by atoms with Gasteiger partial charge in [-0.3, -0.25) is 4.57 Å². The van der Waals surface area contributed by atoms with Crippen LogP contribution in [0.3, 0.4) is 0 Å². The van der Waals surface area contributed by atoms with E-state index in [1.807, 2.05) is 6.07 Å². The molecule has 3 rings (SSSR count). The highest BCUT2D eigenvalue weighted by Gasteiger charge is 2.31. The molecule has 0 amide bonds. The number of pyridine rings is 1. The highest BCUT2D eigenvalue weighted by atomic mass is 35.5. The van der Waals surface area contributed by atoms with Crippen molar-refractivity contribution in [3.05, 3.63) is 22.1 Å². The van der Waals surface area contributed by atoms with Gasteiger partial charge in [-0.2, -0.15) is 0 Å². The summed E-state index contributed by atoms with van der Waals surface area (Å²) in [7, 11) is 0. The minimum absolute atomic E-state index is 0.0333. The molecular formula is C12H14ClN3OS. The van der Waals surface area contributed by atoms with E-state index in [0.29, 0.717) is 9.79 Å². The number of fused-ring (bicyclic) bond motifs is 1. The average molecular weight is 284 g/mol. The molecular weight excluding hydrogens is 270 g/mol. The van der Waals surface area contributed by atoms with Crippen LogP contribution in [-0.2, 0) is 10.3 Å². The zero-order valence-electron chi connectivity index (χ0n) is 10.1. The molecule has 0 saturated carbocycles. The number of halogens is 1. The monoisotopic (exact) mass is 283 g/mol. The van der Waals surface area contributed by atoms with E-state index in [2.05, 4.69) is 21.5 Å². The van der Waals surface area contributed by atoms with Crippen molar-refractivity contribution in [1.82, 2.24) is 14.5 Å². The van der Waals surface area contributed by atoms with Gasteiger partial charge in [0.1, 0.15) is 0 Å². The van der Waals surface area contributed by atoms with Crippen molar-refractivity contribution in [1.29, 1.82) is 0 Å². The van der Waals surface area contributed by atoms with Gasteiger partial charge in [0.2, 0.25) is 0 Å². The van der Waals surface area contributed by atoms with Gasteiger partial charge in [0.15, 0.2) is 10.4 Å². The van der Waals surface area contributed by atoms with Gasteiger partial charge in [0.25, 0.3) is 0 Å². The van der Waals surface area contributed by atoms with Crippen LogP contribution in [0.1, 0.15) is 19.8 Å². The van der Waals surface area contributed by atoms with Crippen molar-refractivity contribution in [2.24, 2.45) is 0 Å². The molecule has 1 saturated heterocycles. The molecule has 2 aromatic heterocycles. The van der Waals surface area contributed by atoms with Crippen LogP contribution in [0.2, 0.25) is 5.02 Å². The van der Waals surface area contributed by atoms with Gasteiger partial charge in [0.05, 0.1) is 16.1 Å². The Morgan fingerprint density at radius 2 is 2.22 bits per heavy atom. The second kappa shape index (κ2) is 4.33. The molecule has 0 unspecified atom stereocenters. The van der Waals surface area contributed by atoms with E-state index in [-0.39, 0.29) is 5.54 Å². The predicted octanol–water partition coefficient (Wildman–Crippen LogP) is 3.27. The third-order valence-electron chi connectivity index (χ3n) is 3.60. The lowest BCUT2D eigenvalue weighted by molar-refractivity contribution is 0.0304. The molecule has 1 fully saturated rings. The van der Waals surface area contributed by atoms with E-state index in [9.17, 15) is 0 Å². The first-order valence-corrected chi connectivity index (χ1v) is 6.73. The van der Waals surface area contributed by atoms with Crippen LogP contribution in [0, 0.1) is 4.77 Å². The first kappa shape index (κ1) is 12.1. The highest BCUT2D eigenvalue weighted by molar-refractivity contribution is 7.71. The van der Waals surface area contributed by atoms with Crippen LogP contribution < -0.4 is 0 Å². The van der Waals surface area contributed by atoms with E-state index < -0.39 is 0 Å². The topological polar surface area (TPSA) is 42.8 Å². The maximum Gasteiger partial charge on any atom is 0.179 e. The number of nitrogens with zero attached hydrogens (tertiary/aromatic N) is 2. The van der Waals surface area contributed by atoms with Gasteiger partial charge >= 0.3 is 0 Å². The second-order valence-electron chi connectivity index (χ2n) is 4.90. The van der Waals surface area contributed by atoms with Gasteiger partial charge in [-0.1, -0.05) is 11.6 Å². The number of imidazole rings is 1. The van der Waals surface area contributed by atoms with E-state index in [1.54, 1.807) is 6.20 Å². The summed E-state index contributed by atoms with van der Waals surface area (Å²) in [6.45, 7) is 3.73. The number of ether oxygens (including phenoxy) is 1. The highest BCUT2D eigenvalue weighted by Crippen LogP contribution is 2.32. The zero-order valence-corrected chi connectivity index (χ0v) is 11.6. The minimum atomic E-state index is -0.0333. The Labute approximate surface area is 115 Å². The lowest BCUT2D eigenvalue weighted by Crippen LogP contribution is -2.36. The lowest BCUT2D eigenvalue weighted by Gasteiger charge is -2.35. The molecule has 96 valence electrons. The van der Waals surface area contributed by atoms with Crippen LogP contribution in [0.4, 0.5) is 0 Å². The average Bonchev–Trinajstić information content (AvgIpc) is 2.65. The first-order chi connectivity index (χ1) is 8.60. The van der Waals surface area contributed by atoms with Crippen molar-refractivity contribution < 1.29 is 4.74 Å². The number of aromatic nitrogens is 3. The quantitative estimate of drug-likeness (QED) is 0.817. The number of H-pyrrole nitrogens is 1. The van der Waals surface area contributed by atoms with Crippen molar-refractivity contribution >= 4 is 35.0 Å². The summed E-state index contributed by atoms with van der Waals surface area (Å²) in [6, 6.07) is 1.86. The van der Waals surface area contributed by atoms with Crippen molar-refractivity contribution in [2.45, 2.75) is 25.3 Å². The fourth-order valence-corrected chi connectivity index (χ4v) is 3.08. The Balaban J connectivity index is 2.22. The number of hydrogen-bond acceptors (Lipinski definition) is 3. The normalized spacial score (nSPS) is 19.2. The molecule has 1 aliphatic heterocycles. The fourth-order valence-electron chi connectivity index (χ4n) is 2.51. The standard InChI is InChI=1S/C12H14ClN3OS/c1-12(2-4-17-5-3-12)16-10-9(15-11(16)18)6-8(13)7-14-10/h6-7H,2-5H2,1H3,(H,15,18). The van der Waals surface area contributed by atoms with Crippen molar-refractivity contribution in [2.75, 3.05) is 13.2 Å². The molecule has 0 spiro atoms. The van der Waals surface area contributed by atoms with E-state index >= 15 is 0 Å². The fraction of sp³-hybridized carbons (Fsp3) is 0.500.